The summed E-state index contributed by atoms with van der Waals surface area (Å²) in [6.45, 7) is 5.02. The Kier molecular flexibility index (Phi) is 5.04. The largest absolute Gasteiger partial charge is 0.356 e. The van der Waals surface area contributed by atoms with E-state index < -0.39 is 0 Å². The molecule has 1 aliphatic carbocycles. The van der Waals surface area contributed by atoms with Gasteiger partial charge in [0, 0.05) is 6.54 Å². The molecule has 104 valence electrons. The zero-order chi connectivity index (χ0) is 12.8. The Balaban J connectivity index is 1.74. The molecular weight excluding hydrogens is 224 g/mol. The number of hydrogen-bond acceptors (Lipinski definition) is 2. The number of rotatable bonds is 5. The van der Waals surface area contributed by atoms with Crippen LogP contribution in [-0.2, 0) is 4.79 Å². The minimum atomic E-state index is -0.0824. The van der Waals surface area contributed by atoms with E-state index in [9.17, 15) is 4.79 Å². The van der Waals surface area contributed by atoms with Crippen LogP contribution in [0.1, 0.15) is 58.3 Å². The zero-order valence-corrected chi connectivity index (χ0v) is 11.8. The van der Waals surface area contributed by atoms with Gasteiger partial charge in [-0.05, 0) is 44.7 Å². The lowest BCUT2D eigenvalue weighted by Crippen LogP contribution is -2.47. The fraction of sp³-hybridized carbons (Fsp3) is 0.933. The van der Waals surface area contributed by atoms with Gasteiger partial charge in [0.2, 0.25) is 5.91 Å². The highest BCUT2D eigenvalue weighted by atomic mass is 16.2. The molecule has 0 aromatic rings. The van der Waals surface area contributed by atoms with Crippen molar-refractivity contribution < 1.29 is 4.79 Å². The van der Waals surface area contributed by atoms with Gasteiger partial charge in [0.05, 0.1) is 5.41 Å². The molecule has 1 saturated heterocycles. The summed E-state index contributed by atoms with van der Waals surface area (Å²) in [5, 5.41) is 6.55. The first-order valence-electron chi connectivity index (χ1n) is 7.76. The quantitative estimate of drug-likeness (QED) is 0.789. The van der Waals surface area contributed by atoms with E-state index in [1.807, 2.05) is 0 Å². The number of carbonyl (C=O) groups excluding carboxylic acids is 1. The predicted molar refractivity (Wildman–Crippen MR) is 74.4 cm³/mol. The highest BCUT2D eigenvalue weighted by Crippen LogP contribution is 2.33. The highest BCUT2D eigenvalue weighted by molar-refractivity contribution is 5.82. The third-order valence-corrected chi connectivity index (χ3v) is 5.03. The first kappa shape index (κ1) is 13.9. The Hall–Kier alpha value is -0.570. The second-order valence-corrected chi connectivity index (χ2v) is 6.08. The Morgan fingerprint density at radius 1 is 1.28 bits per heavy atom. The molecule has 3 nitrogen and oxygen atoms in total. The molecule has 2 rings (SSSR count). The average molecular weight is 252 g/mol. The Labute approximate surface area is 111 Å². The fourth-order valence-electron chi connectivity index (χ4n) is 3.52. The van der Waals surface area contributed by atoms with Crippen molar-refractivity contribution in [3.8, 4) is 0 Å². The monoisotopic (exact) mass is 252 g/mol. The van der Waals surface area contributed by atoms with E-state index in [4.69, 9.17) is 0 Å². The third kappa shape index (κ3) is 3.25. The van der Waals surface area contributed by atoms with Gasteiger partial charge in [0.25, 0.3) is 0 Å². The van der Waals surface area contributed by atoms with Crippen LogP contribution in [0.2, 0.25) is 0 Å². The van der Waals surface area contributed by atoms with Crippen molar-refractivity contribution in [3.63, 3.8) is 0 Å². The van der Waals surface area contributed by atoms with E-state index in [2.05, 4.69) is 17.6 Å². The second-order valence-electron chi connectivity index (χ2n) is 6.08. The molecule has 2 N–H and O–H groups in total. The summed E-state index contributed by atoms with van der Waals surface area (Å²) < 4.78 is 0. The minimum Gasteiger partial charge on any atom is -0.356 e. The minimum absolute atomic E-state index is 0.0824. The first-order chi connectivity index (χ1) is 8.77. The molecule has 1 heterocycles. The molecule has 2 fully saturated rings. The van der Waals surface area contributed by atoms with E-state index in [1.165, 1.54) is 32.1 Å². The fourth-order valence-corrected chi connectivity index (χ4v) is 3.52. The van der Waals surface area contributed by atoms with Crippen molar-refractivity contribution >= 4 is 5.91 Å². The van der Waals surface area contributed by atoms with Crippen molar-refractivity contribution in [2.45, 2.75) is 58.3 Å². The van der Waals surface area contributed by atoms with Crippen molar-refractivity contribution in [2.75, 3.05) is 19.6 Å². The standard InChI is InChI=1S/C15H28N2O/c1-2-15(8-11-16-12-9-15)14(18)17-10-7-13-5-3-4-6-13/h13,16H,2-12H2,1H3,(H,17,18). The number of piperidine rings is 1. The van der Waals surface area contributed by atoms with Crippen LogP contribution in [0.5, 0.6) is 0 Å². The van der Waals surface area contributed by atoms with Crippen LogP contribution in [0.3, 0.4) is 0 Å². The molecule has 0 atom stereocenters. The van der Waals surface area contributed by atoms with Crippen LogP contribution in [0.4, 0.5) is 0 Å². The average Bonchev–Trinajstić information content (AvgIpc) is 2.92. The maximum absolute atomic E-state index is 12.4. The van der Waals surface area contributed by atoms with Gasteiger partial charge in [-0.25, -0.2) is 0 Å². The number of carbonyl (C=O) groups is 1. The lowest BCUT2D eigenvalue weighted by molar-refractivity contribution is -0.132. The number of nitrogens with one attached hydrogen (secondary N) is 2. The van der Waals surface area contributed by atoms with Crippen LogP contribution in [0.25, 0.3) is 0 Å². The molecule has 0 spiro atoms. The third-order valence-electron chi connectivity index (χ3n) is 5.03. The lowest BCUT2D eigenvalue weighted by Gasteiger charge is -2.35. The molecule has 18 heavy (non-hydrogen) atoms. The molecule has 1 amide bonds. The van der Waals surface area contributed by atoms with Crippen LogP contribution >= 0.6 is 0 Å². The smallest absolute Gasteiger partial charge is 0.226 e. The van der Waals surface area contributed by atoms with E-state index in [-0.39, 0.29) is 5.41 Å². The van der Waals surface area contributed by atoms with Gasteiger partial charge in [0.1, 0.15) is 0 Å². The molecular formula is C15H28N2O. The molecule has 0 unspecified atom stereocenters. The van der Waals surface area contributed by atoms with Crippen molar-refractivity contribution in [2.24, 2.45) is 11.3 Å². The molecule has 0 bridgehead atoms. The summed E-state index contributed by atoms with van der Waals surface area (Å²) in [5.74, 6) is 1.18. The number of hydrogen-bond donors (Lipinski definition) is 2. The normalized spacial score (nSPS) is 24.1. The van der Waals surface area contributed by atoms with E-state index in [0.717, 1.165) is 44.8 Å². The molecule has 1 saturated carbocycles. The van der Waals surface area contributed by atoms with Gasteiger partial charge in [-0.1, -0.05) is 32.6 Å². The molecule has 0 aromatic carbocycles. The van der Waals surface area contributed by atoms with Gasteiger partial charge in [-0.2, -0.15) is 0 Å². The Bertz CT molecular complexity index is 266. The van der Waals surface area contributed by atoms with Crippen LogP contribution in [-0.4, -0.2) is 25.5 Å². The lowest BCUT2D eigenvalue weighted by atomic mass is 9.76. The van der Waals surface area contributed by atoms with Gasteiger partial charge in [-0.3, -0.25) is 4.79 Å². The zero-order valence-electron chi connectivity index (χ0n) is 11.8. The summed E-state index contributed by atoms with van der Waals surface area (Å²) in [7, 11) is 0. The van der Waals surface area contributed by atoms with E-state index >= 15 is 0 Å². The molecule has 3 heteroatoms. The van der Waals surface area contributed by atoms with Gasteiger partial charge >= 0.3 is 0 Å². The second kappa shape index (κ2) is 6.55. The summed E-state index contributed by atoms with van der Waals surface area (Å²) >= 11 is 0. The summed E-state index contributed by atoms with van der Waals surface area (Å²) in [6, 6.07) is 0. The summed E-state index contributed by atoms with van der Waals surface area (Å²) in [4.78, 5) is 12.4. The highest BCUT2D eigenvalue weighted by Gasteiger charge is 2.37. The molecule has 0 radical (unpaired) electrons. The predicted octanol–water partition coefficient (Wildman–Crippen LogP) is 2.46. The van der Waals surface area contributed by atoms with Crippen LogP contribution < -0.4 is 10.6 Å². The topological polar surface area (TPSA) is 41.1 Å². The van der Waals surface area contributed by atoms with Crippen molar-refractivity contribution in [1.82, 2.24) is 10.6 Å². The van der Waals surface area contributed by atoms with Gasteiger partial charge in [0.15, 0.2) is 0 Å². The van der Waals surface area contributed by atoms with Crippen molar-refractivity contribution in [1.29, 1.82) is 0 Å². The maximum atomic E-state index is 12.4. The SMILES string of the molecule is CCC1(C(=O)NCCC2CCCC2)CCNCC1. The molecule has 1 aliphatic heterocycles. The maximum Gasteiger partial charge on any atom is 0.226 e. The first-order valence-corrected chi connectivity index (χ1v) is 7.76. The van der Waals surface area contributed by atoms with Crippen LogP contribution in [0.15, 0.2) is 0 Å². The molecule has 0 aromatic heterocycles. The summed E-state index contributed by atoms with van der Waals surface area (Å²) in [6.07, 6.45) is 9.69. The van der Waals surface area contributed by atoms with Crippen molar-refractivity contribution in [3.05, 3.63) is 0 Å². The van der Waals surface area contributed by atoms with Gasteiger partial charge < -0.3 is 10.6 Å². The van der Waals surface area contributed by atoms with Crippen LogP contribution in [0, 0.1) is 11.3 Å². The van der Waals surface area contributed by atoms with E-state index in [1.54, 1.807) is 0 Å². The summed E-state index contributed by atoms with van der Waals surface area (Å²) in [5.41, 5.74) is -0.0824. The number of amides is 1. The Morgan fingerprint density at radius 3 is 2.56 bits per heavy atom. The van der Waals surface area contributed by atoms with Gasteiger partial charge in [-0.15, -0.1) is 0 Å². The van der Waals surface area contributed by atoms with E-state index in [0.29, 0.717) is 5.91 Å². The Morgan fingerprint density at radius 2 is 1.94 bits per heavy atom. The molecule has 2 aliphatic rings.